The summed E-state index contributed by atoms with van der Waals surface area (Å²) in [5.41, 5.74) is -2.36. The molecular formula is C13H23BN2O2S. The molecule has 0 amide bonds. The molecular weight excluding hydrogens is 259 g/mol. The molecule has 19 heavy (non-hydrogen) atoms. The predicted molar refractivity (Wildman–Crippen MR) is 81.5 cm³/mol. The highest BCUT2D eigenvalue weighted by atomic mass is 32.1. The molecule has 0 aromatic carbocycles. The molecule has 0 radical (unpaired) electrons. The third kappa shape index (κ3) is 2.53. The van der Waals surface area contributed by atoms with Crippen molar-refractivity contribution in [2.75, 3.05) is 18.9 Å². The van der Waals surface area contributed by atoms with Crippen LogP contribution in [0.3, 0.4) is 0 Å². The van der Waals surface area contributed by atoms with E-state index >= 15 is 0 Å². The summed E-state index contributed by atoms with van der Waals surface area (Å²) in [6.07, 6.45) is -3.02. The van der Waals surface area contributed by atoms with Gasteiger partial charge in [-0.3, -0.25) is 0 Å². The topological polar surface area (TPSA) is 34.6 Å². The molecule has 0 unspecified atom stereocenters. The molecule has 0 aliphatic carbocycles. The zero-order valence-corrected chi connectivity index (χ0v) is 12.0. The zero-order valence-electron chi connectivity index (χ0n) is 22.2. The van der Waals surface area contributed by atoms with Crippen molar-refractivity contribution in [3.8, 4) is 0 Å². The molecule has 0 bridgehead atoms. The summed E-state index contributed by atoms with van der Waals surface area (Å²) < 4.78 is 96.0. The highest BCUT2D eigenvalue weighted by Crippen LogP contribution is 2.37. The molecule has 1 saturated heterocycles. The number of rotatable bonds is 3. The minimum Gasteiger partial charge on any atom is -0.399 e. The fraction of sp³-hybridized carbons (Fsp3) is 0.769. The van der Waals surface area contributed by atoms with E-state index < -0.39 is 56.3 Å². The molecule has 106 valence electrons. The highest BCUT2D eigenvalue weighted by molar-refractivity contribution is 7.25. The Kier molecular flexibility index (Phi) is 1.51. The van der Waals surface area contributed by atoms with Crippen molar-refractivity contribution in [2.45, 2.75) is 52.1 Å². The standard InChI is InChI=1S/C13H23BN2O2S/c1-8-9-10(19-11(15-9)16(6)7)14-17-12(2,3)13(4,5)18-14/h8H2,1-7H3/i1D3,6D3,7D3,8D2. The highest BCUT2D eigenvalue weighted by Gasteiger charge is 2.53. The van der Waals surface area contributed by atoms with Crippen LogP contribution in [0.4, 0.5) is 5.13 Å². The van der Waals surface area contributed by atoms with Crippen molar-refractivity contribution in [1.29, 1.82) is 0 Å². The lowest BCUT2D eigenvalue weighted by Gasteiger charge is -2.32. The van der Waals surface area contributed by atoms with E-state index in [4.69, 9.17) is 24.4 Å². The van der Waals surface area contributed by atoms with Crippen LogP contribution in [0.15, 0.2) is 0 Å². The van der Waals surface area contributed by atoms with Crippen molar-refractivity contribution in [3.05, 3.63) is 5.69 Å². The molecule has 2 rings (SSSR count). The van der Waals surface area contributed by atoms with Gasteiger partial charge in [-0.1, -0.05) is 6.85 Å². The average molecular weight is 293 g/mol. The first kappa shape index (κ1) is 6.04. The Bertz CT molecular complexity index is 770. The maximum atomic E-state index is 8.12. The summed E-state index contributed by atoms with van der Waals surface area (Å²) in [6.45, 7) is -2.54. The quantitative estimate of drug-likeness (QED) is 0.799. The van der Waals surface area contributed by atoms with Crippen LogP contribution < -0.4 is 9.68 Å². The Morgan fingerprint density at radius 1 is 1.32 bits per heavy atom. The molecule has 0 atom stereocenters. The van der Waals surface area contributed by atoms with Gasteiger partial charge in [0.15, 0.2) is 5.13 Å². The normalized spacial score (nSPS) is 32.2. The van der Waals surface area contributed by atoms with Gasteiger partial charge in [-0.25, -0.2) is 4.98 Å². The van der Waals surface area contributed by atoms with E-state index in [9.17, 15) is 0 Å². The smallest absolute Gasteiger partial charge is 0.399 e. The molecule has 6 heteroatoms. The van der Waals surface area contributed by atoms with E-state index in [0.29, 0.717) is 11.3 Å². The van der Waals surface area contributed by atoms with Crippen LogP contribution in [0, 0.1) is 0 Å². The first-order chi connectivity index (χ1) is 13.0. The predicted octanol–water partition coefficient (Wildman–Crippen LogP) is 2.07. The van der Waals surface area contributed by atoms with Crippen LogP contribution in [-0.2, 0) is 15.7 Å². The van der Waals surface area contributed by atoms with Crippen molar-refractivity contribution in [3.63, 3.8) is 0 Å². The molecule has 2 heterocycles. The average Bonchev–Trinajstić information content (AvgIpc) is 2.94. The van der Waals surface area contributed by atoms with Crippen LogP contribution in [0.2, 0.25) is 0 Å². The lowest BCUT2D eigenvalue weighted by molar-refractivity contribution is 0.00578. The molecule has 1 aromatic rings. The summed E-state index contributed by atoms with van der Waals surface area (Å²) in [5, 5.41) is -0.581. The van der Waals surface area contributed by atoms with Gasteiger partial charge in [-0.05, 0) is 34.1 Å². The first-order valence-electron chi connectivity index (χ1n) is 11.2. The third-order valence-electron chi connectivity index (χ3n) is 3.42. The molecule has 0 spiro atoms. The van der Waals surface area contributed by atoms with E-state index in [1.807, 2.05) is 0 Å². The van der Waals surface area contributed by atoms with Gasteiger partial charge < -0.3 is 14.2 Å². The van der Waals surface area contributed by atoms with Crippen LogP contribution in [0.5, 0.6) is 0 Å². The van der Waals surface area contributed by atoms with Gasteiger partial charge in [0, 0.05) is 29.0 Å². The molecule has 1 aromatic heterocycles. The number of anilines is 1. The van der Waals surface area contributed by atoms with Crippen LogP contribution in [0.1, 0.15) is 55.3 Å². The maximum absolute atomic E-state index is 8.12. The van der Waals surface area contributed by atoms with Crippen molar-refractivity contribution >= 4 is 28.4 Å². The Morgan fingerprint density at radius 3 is 2.47 bits per heavy atom. The van der Waals surface area contributed by atoms with E-state index in [-0.39, 0.29) is 9.68 Å². The van der Waals surface area contributed by atoms with Gasteiger partial charge in [-0.15, -0.1) is 11.3 Å². The monoisotopic (exact) mass is 293 g/mol. The van der Waals surface area contributed by atoms with Crippen LogP contribution in [0.25, 0.3) is 0 Å². The summed E-state index contributed by atoms with van der Waals surface area (Å²) in [7, 11) is -1.26. The van der Waals surface area contributed by atoms with E-state index in [1.165, 1.54) is 0 Å². The second-order valence-electron chi connectivity index (χ2n) is 5.26. The van der Waals surface area contributed by atoms with Gasteiger partial charge >= 0.3 is 7.12 Å². The number of aryl methyl sites for hydroxylation is 1. The Balaban J connectivity index is 2.73. The summed E-state index contributed by atoms with van der Waals surface area (Å²) >= 11 is 0.518. The largest absolute Gasteiger partial charge is 0.507 e. The molecule has 1 fully saturated rings. The van der Waals surface area contributed by atoms with Gasteiger partial charge in [-0.2, -0.15) is 0 Å². The van der Waals surface area contributed by atoms with E-state index in [2.05, 4.69) is 4.98 Å². The lowest BCUT2D eigenvalue weighted by Crippen LogP contribution is -2.41. The Morgan fingerprint density at radius 2 is 1.95 bits per heavy atom. The van der Waals surface area contributed by atoms with Crippen molar-refractivity contribution in [2.24, 2.45) is 0 Å². The first-order valence-corrected chi connectivity index (χ1v) is 6.51. The fourth-order valence-electron chi connectivity index (χ4n) is 1.62. The molecule has 1 aliphatic rings. The number of nitrogens with zero attached hydrogens (tertiary/aromatic N) is 2. The van der Waals surface area contributed by atoms with Gasteiger partial charge in [0.2, 0.25) is 0 Å². The number of thiazole rings is 1. The molecule has 4 nitrogen and oxygen atoms in total. The summed E-state index contributed by atoms with van der Waals surface area (Å²) in [5.74, 6) is 0. The Hall–Kier alpha value is -0.585. The van der Waals surface area contributed by atoms with Crippen LogP contribution in [-0.4, -0.2) is 37.3 Å². The second kappa shape index (κ2) is 4.75. The molecule has 0 saturated carbocycles. The molecule has 1 aliphatic heterocycles. The minimum atomic E-state index is -3.17. The zero-order chi connectivity index (χ0) is 23.7. The number of hydrogen-bond donors (Lipinski definition) is 0. The number of aromatic nitrogens is 1. The summed E-state index contributed by atoms with van der Waals surface area (Å²) in [6, 6.07) is 0. The third-order valence-corrected chi connectivity index (χ3v) is 4.48. The fourth-order valence-corrected chi connectivity index (χ4v) is 2.43. The van der Waals surface area contributed by atoms with Crippen molar-refractivity contribution in [1.82, 2.24) is 4.98 Å². The minimum absolute atomic E-state index is 0.0818. The van der Waals surface area contributed by atoms with Crippen molar-refractivity contribution < 1.29 is 24.4 Å². The second-order valence-corrected chi connectivity index (χ2v) is 6.27. The van der Waals surface area contributed by atoms with Crippen LogP contribution >= 0.6 is 11.3 Å². The Labute approximate surface area is 135 Å². The maximum Gasteiger partial charge on any atom is 0.507 e. The SMILES string of the molecule is [2H]C([2H])([2H])N(c1nc(C([2H])([2H])C([2H])([2H])[2H])c(B2OC(C)(C)C(C)(C)O2)s1)C([2H])([2H])[2H]. The van der Waals surface area contributed by atoms with Gasteiger partial charge in [0.1, 0.15) is 0 Å². The van der Waals surface area contributed by atoms with E-state index in [0.717, 1.165) is 0 Å². The van der Waals surface area contributed by atoms with E-state index in [1.54, 1.807) is 27.7 Å². The lowest BCUT2D eigenvalue weighted by atomic mass is 9.86. The van der Waals surface area contributed by atoms with Gasteiger partial charge in [0.25, 0.3) is 0 Å². The number of hydrogen-bond acceptors (Lipinski definition) is 5. The molecule has 0 N–H and O–H groups in total. The summed E-state index contributed by atoms with van der Waals surface area (Å²) in [4.78, 5) is 3.93. The van der Waals surface area contributed by atoms with Gasteiger partial charge in [0.05, 0.1) is 21.7 Å².